The highest BCUT2D eigenvalue weighted by Gasteiger charge is 2.15. The van der Waals surface area contributed by atoms with Crippen LogP contribution in [0.3, 0.4) is 0 Å². The second kappa shape index (κ2) is 7.07. The van der Waals surface area contributed by atoms with E-state index in [0.29, 0.717) is 24.9 Å². The van der Waals surface area contributed by atoms with E-state index in [1.54, 1.807) is 13.3 Å². The van der Waals surface area contributed by atoms with Crippen molar-refractivity contribution in [3.63, 3.8) is 0 Å². The summed E-state index contributed by atoms with van der Waals surface area (Å²) >= 11 is 0. The van der Waals surface area contributed by atoms with Gasteiger partial charge in [0.15, 0.2) is 5.82 Å². The molecule has 0 amide bonds. The molecule has 2 N–H and O–H groups in total. The van der Waals surface area contributed by atoms with E-state index in [-0.39, 0.29) is 6.10 Å². The van der Waals surface area contributed by atoms with E-state index in [4.69, 9.17) is 9.47 Å². The molecule has 1 saturated heterocycles. The van der Waals surface area contributed by atoms with E-state index in [0.717, 1.165) is 26.0 Å². The average molecular weight is 253 g/mol. The molecule has 2 heterocycles. The first kappa shape index (κ1) is 13.0. The molecular formula is C11H19N5O2. The van der Waals surface area contributed by atoms with E-state index >= 15 is 0 Å². The van der Waals surface area contributed by atoms with Gasteiger partial charge in [-0.05, 0) is 12.8 Å². The highest BCUT2D eigenvalue weighted by atomic mass is 16.5. The van der Waals surface area contributed by atoms with Crippen LogP contribution < -0.4 is 10.6 Å². The van der Waals surface area contributed by atoms with Crippen LogP contribution in [-0.2, 0) is 9.47 Å². The molecule has 18 heavy (non-hydrogen) atoms. The van der Waals surface area contributed by atoms with Gasteiger partial charge >= 0.3 is 0 Å². The van der Waals surface area contributed by atoms with Gasteiger partial charge in [-0.3, -0.25) is 0 Å². The summed E-state index contributed by atoms with van der Waals surface area (Å²) in [6, 6.07) is 0. The lowest BCUT2D eigenvalue weighted by Gasteiger charge is -2.11. The third-order valence-electron chi connectivity index (χ3n) is 2.68. The van der Waals surface area contributed by atoms with Crippen molar-refractivity contribution in [2.75, 3.05) is 44.0 Å². The second-order valence-electron chi connectivity index (χ2n) is 4.10. The molecule has 2 rings (SSSR count). The Bertz CT molecular complexity index is 357. The molecule has 0 bridgehead atoms. The van der Waals surface area contributed by atoms with Crippen molar-refractivity contribution in [1.29, 1.82) is 0 Å². The van der Waals surface area contributed by atoms with Gasteiger partial charge in [0.25, 0.3) is 0 Å². The Morgan fingerprint density at radius 3 is 3.22 bits per heavy atom. The Labute approximate surface area is 106 Å². The standard InChI is InChI=1S/C11H19N5O2/c1-17-6-4-12-11-15-10(8-14-16-11)13-7-9-3-2-5-18-9/h8-9H,2-7H2,1H3,(H2,12,13,15,16). The zero-order valence-corrected chi connectivity index (χ0v) is 10.6. The number of ether oxygens (including phenoxy) is 2. The largest absolute Gasteiger partial charge is 0.383 e. The van der Waals surface area contributed by atoms with Crippen molar-refractivity contribution in [2.24, 2.45) is 0 Å². The molecule has 7 nitrogen and oxygen atoms in total. The summed E-state index contributed by atoms with van der Waals surface area (Å²) in [7, 11) is 1.65. The SMILES string of the molecule is COCCNc1nncc(NCC2CCCO2)n1. The third-order valence-corrected chi connectivity index (χ3v) is 2.68. The van der Waals surface area contributed by atoms with Crippen molar-refractivity contribution in [1.82, 2.24) is 15.2 Å². The number of aromatic nitrogens is 3. The monoisotopic (exact) mass is 253 g/mol. The first-order chi connectivity index (χ1) is 8.88. The van der Waals surface area contributed by atoms with Gasteiger partial charge in [0.1, 0.15) is 0 Å². The van der Waals surface area contributed by atoms with Gasteiger partial charge in [-0.15, -0.1) is 5.10 Å². The average Bonchev–Trinajstić information content (AvgIpc) is 2.90. The van der Waals surface area contributed by atoms with Crippen LogP contribution in [0.15, 0.2) is 6.20 Å². The van der Waals surface area contributed by atoms with E-state index in [2.05, 4.69) is 25.8 Å². The molecule has 0 saturated carbocycles. The molecule has 1 aliphatic heterocycles. The Morgan fingerprint density at radius 1 is 1.50 bits per heavy atom. The summed E-state index contributed by atoms with van der Waals surface area (Å²) in [5.41, 5.74) is 0. The first-order valence-corrected chi connectivity index (χ1v) is 6.16. The van der Waals surface area contributed by atoms with E-state index in [1.165, 1.54) is 0 Å². The maximum absolute atomic E-state index is 5.53. The molecule has 1 unspecified atom stereocenters. The minimum absolute atomic E-state index is 0.282. The van der Waals surface area contributed by atoms with Crippen LogP contribution in [0.4, 0.5) is 11.8 Å². The smallest absolute Gasteiger partial charge is 0.244 e. The van der Waals surface area contributed by atoms with Crippen molar-refractivity contribution in [3.8, 4) is 0 Å². The van der Waals surface area contributed by atoms with Crippen molar-refractivity contribution in [2.45, 2.75) is 18.9 Å². The number of hydrogen-bond donors (Lipinski definition) is 2. The van der Waals surface area contributed by atoms with E-state index in [9.17, 15) is 0 Å². The molecule has 0 spiro atoms. The summed E-state index contributed by atoms with van der Waals surface area (Å²) < 4.78 is 10.5. The fourth-order valence-electron chi connectivity index (χ4n) is 1.75. The summed E-state index contributed by atoms with van der Waals surface area (Å²) in [6.45, 7) is 2.89. The Kier molecular flexibility index (Phi) is 5.10. The van der Waals surface area contributed by atoms with Gasteiger partial charge in [0.2, 0.25) is 5.95 Å². The van der Waals surface area contributed by atoms with Gasteiger partial charge in [-0.25, -0.2) is 0 Å². The van der Waals surface area contributed by atoms with Crippen molar-refractivity contribution >= 4 is 11.8 Å². The Morgan fingerprint density at radius 2 is 2.44 bits per heavy atom. The number of methoxy groups -OCH3 is 1. The van der Waals surface area contributed by atoms with Crippen LogP contribution in [0.5, 0.6) is 0 Å². The fraction of sp³-hybridized carbons (Fsp3) is 0.727. The van der Waals surface area contributed by atoms with Gasteiger partial charge < -0.3 is 20.1 Å². The molecule has 100 valence electrons. The quantitative estimate of drug-likeness (QED) is 0.686. The summed E-state index contributed by atoms with van der Waals surface area (Å²) in [6.07, 6.45) is 4.13. The predicted molar refractivity (Wildman–Crippen MR) is 67.7 cm³/mol. The number of rotatable bonds is 7. The van der Waals surface area contributed by atoms with E-state index in [1.807, 2.05) is 0 Å². The summed E-state index contributed by atoms with van der Waals surface area (Å²) in [4.78, 5) is 4.30. The maximum atomic E-state index is 5.53. The van der Waals surface area contributed by atoms with Gasteiger partial charge in [-0.2, -0.15) is 10.1 Å². The molecule has 1 atom stereocenters. The van der Waals surface area contributed by atoms with Gasteiger partial charge in [-0.1, -0.05) is 0 Å². The zero-order valence-electron chi connectivity index (χ0n) is 10.6. The molecular weight excluding hydrogens is 234 g/mol. The number of anilines is 2. The number of hydrogen-bond acceptors (Lipinski definition) is 7. The maximum Gasteiger partial charge on any atom is 0.244 e. The Balaban J connectivity index is 1.78. The first-order valence-electron chi connectivity index (χ1n) is 6.16. The lowest BCUT2D eigenvalue weighted by Crippen LogP contribution is -2.19. The molecule has 1 aromatic rings. The number of nitrogens with zero attached hydrogens (tertiary/aromatic N) is 3. The highest BCUT2D eigenvalue weighted by molar-refractivity contribution is 5.36. The van der Waals surface area contributed by atoms with E-state index < -0.39 is 0 Å². The molecule has 1 fully saturated rings. The fourth-order valence-corrected chi connectivity index (χ4v) is 1.75. The molecule has 7 heteroatoms. The van der Waals surface area contributed by atoms with Crippen LogP contribution >= 0.6 is 0 Å². The van der Waals surface area contributed by atoms with Gasteiger partial charge in [0, 0.05) is 26.8 Å². The Hall–Kier alpha value is -1.47. The van der Waals surface area contributed by atoms with Gasteiger partial charge in [0.05, 0.1) is 18.9 Å². The topological polar surface area (TPSA) is 81.2 Å². The number of nitrogens with one attached hydrogen (secondary N) is 2. The lowest BCUT2D eigenvalue weighted by atomic mass is 10.2. The van der Waals surface area contributed by atoms with Crippen LogP contribution in [0, 0.1) is 0 Å². The van der Waals surface area contributed by atoms with Crippen LogP contribution in [0.25, 0.3) is 0 Å². The van der Waals surface area contributed by atoms with Crippen LogP contribution in [0.2, 0.25) is 0 Å². The minimum Gasteiger partial charge on any atom is -0.383 e. The molecule has 0 radical (unpaired) electrons. The summed E-state index contributed by atoms with van der Waals surface area (Å²) in [5.74, 6) is 1.21. The lowest BCUT2D eigenvalue weighted by molar-refractivity contribution is 0.120. The van der Waals surface area contributed by atoms with Crippen LogP contribution in [0.1, 0.15) is 12.8 Å². The predicted octanol–water partition coefficient (Wildman–Crippen LogP) is 0.521. The zero-order chi connectivity index (χ0) is 12.6. The van der Waals surface area contributed by atoms with Crippen LogP contribution in [-0.4, -0.2) is 54.7 Å². The molecule has 0 aliphatic carbocycles. The second-order valence-corrected chi connectivity index (χ2v) is 4.10. The highest BCUT2D eigenvalue weighted by Crippen LogP contribution is 2.12. The summed E-state index contributed by atoms with van der Waals surface area (Å²) in [5, 5.41) is 14.0. The third kappa shape index (κ3) is 4.08. The molecule has 0 aromatic carbocycles. The minimum atomic E-state index is 0.282. The van der Waals surface area contributed by atoms with Crippen molar-refractivity contribution < 1.29 is 9.47 Å². The molecule has 1 aromatic heterocycles. The molecule has 1 aliphatic rings. The normalized spacial score (nSPS) is 18.8. The van der Waals surface area contributed by atoms with Crippen molar-refractivity contribution in [3.05, 3.63) is 6.20 Å².